The summed E-state index contributed by atoms with van der Waals surface area (Å²) in [5.41, 5.74) is 6.67. The van der Waals surface area contributed by atoms with E-state index in [2.05, 4.69) is 16.9 Å². The fraction of sp³-hybridized carbons (Fsp3) is 0.208. The molecule has 0 aliphatic carbocycles. The topological polar surface area (TPSA) is 66.5 Å². The van der Waals surface area contributed by atoms with Crippen LogP contribution in [0.2, 0.25) is 5.02 Å². The van der Waals surface area contributed by atoms with Crippen molar-refractivity contribution in [2.45, 2.75) is 26.3 Å². The van der Waals surface area contributed by atoms with E-state index in [1.54, 1.807) is 17.9 Å². The van der Waals surface area contributed by atoms with Crippen LogP contribution in [0.4, 0.5) is 11.4 Å². The van der Waals surface area contributed by atoms with Crippen LogP contribution >= 0.6 is 11.6 Å². The molecule has 1 heterocycles. The van der Waals surface area contributed by atoms with Crippen molar-refractivity contribution in [2.24, 2.45) is 0 Å². The summed E-state index contributed by atoms with van der Waals surface area (Å²) in [6, 6.07) is 19.2. The lowest BCUT2D eigenvalue weighted by molar-refractivity contribution is -0.116. The molecule has 3 aromatic carbocycles. The second-order valence-electron chi connectivity index (χ2n) is 7.82. The highest BCUT2D eigenvalue weighted by Gasteiger charge is 2.21. The van der Waals surface area contributed by atoms with Crippen molar-refractivity contribution in [1.29, 1.82) is 0 Å². The summed E-state index contributed by atoms with van der Waals surface area (Å²) in [4.78, 5) is 14.2. The lowest BCUT2D eigenvalue weighted by Crippen LogP contribution is -2.30. The van der Waals surface area contributed by atoms with Gasteiger partial charge in [-0.3, -0.25) is 9.52 Å². The van der Waals surface area contributed by atoms with Gasteiger partial charge >= 0.3 is 0 Å². The number of carbonyl (C=O) groups is 1. The summed E-state index contributed by atoms with van der Waals surface area (Å²) >= 11 is 6.21. The number of rotatable bonds is 3. The number of anilines is 2. The maximum Gasteiger partial charge on any atom is 0.229 e. The van der Waals surface area contributed by atoms with Crippen molar-refractivity contribution in [3.63, 3.8) is 0 Å². The molecule has 1 N–H and O–H groups in total. The molecule has 0 aromatic heterocycles. The minimum Gasteiger partial charge on any atom is -0.308 e. The number of halogens is 1. The van der Waals surface area contributed by atoms with Gasteiger partial charge in [-0.05, 0) is 71.0 Å². The van der Waals surface area contributed by atoms with Gasteiger partial charge in [-0.1, -0.05) is 41.9 Å². The lowest BCUT2D eigenvalue weighted by Gasteiger charge is -2.28. The van der Waals surface area contributed by atoms with Crippen LogP contribution in [0, 0.1) is 0 Å². The highest BCUT2D eigenvalue weighted by molar-refractivity contribution is 7.92. The number of amides is 1. The molecule has 3 aromatic rings. The van der Waals surface area contributed by atoms with E-state index in [0.717, 1.165) is 52.6 Å². The van der Waals surface area contributed by atoms with Crippen LogP contribution in [0.3, 0.4) is 0 Å². The Morgan fingerprint density at radius 2 is 1.68 bits per heavy atom. The number of nitrogens with zero attached hydrogens (tertiary/aromatic N) is 1. The van der Waals surface area contributed by atoms with E-state index in [9.17, 15) is 13.2 Å². The molecule has 0 radical (unpaired) electrons. The average Bonchev–Trinajstić information content (AvgIpc) is 2.68. The van der Waals surface area contributed by atoms with Crippen molar-refractivity contribution < 1.29 is 13.2 Å². The molecule has 5 nitrogen and oxygen atoms in total. The Morgan fingerprint density at radius 1 is 0.935 bits per heavy atom. The van der Waals surface area contributed by atoms with Crippen molar-refractivity contribution in [3.8, 4) is 11.1 Å². The second kappa shape index (κ2) is 8.36. The van der Waals surface area contributed by atoms with Crippen molar-refractivity contribution >= 4 is 38.9 Å². The molecule has 0 spiro atoms. The summed E-state index contributed by atoms with van der Waals surface area (Å²) in [5.74, 6) is -0.0138. The molecule has 0 fully saturated rings. The normalized spacial score (nSPS) is 13.6. The average molecular weight is 455 g/mol. The molecule has 0 atom stereocenters. The van der Waals surface area contributed by atoms with Crippen LogP contribution in [-0.4, -0.2) is 20.6 Å². The number of hydrogen-bond donors (Lipinski definition) is 1. The molecule has 0 bridgehead atoms. The van der Waals surface area contributed by atoms with Crippen LogP contribution in [0.15, 0.2) is 60.7 Å². The number of aryl methyl sites for hydroxylation is 2. The molecule has 4 rings (SSSR count). The fourth-order valence-electron chi connectivity index (χ4n) is 3.99. The van der Waals surface area contributed by atoms with Crippen LogP contribution in [-0.2, 0) is 34.2 Å². The molecule has 160 valence electrons. The first-order valence-corrected chi connectivity index (χ1v) is 12.2. The zero-order chi connectivity index (χ0) is 22.2. The Labute approximate surface area is 187 Å². The standard InChI is InChI=1S/C24H23ClN2O3S/c1-16(28)27-15-21-9-7-18(17-4-3-5-23(14-17)26-31(2,29)30)12-19(21)6-8-20-13-22(25)10-11-24(20)27/h3-5,7,9-14,26H,6,8,15H2,1-2H3. The Balaban J connectivity index is 1.71. The minimum absolute atomic E-state index is 0.0138. The molecule has 0 saturated heterocycles. The van der Waals surface area contributed by atoms with Gasteiger partial charge in [0.15, 0.2) is 0 Å². The molecule has 1 aliphatic rings. The molecular weight excluding hydrogens is 432 g/mol. The van der Waals surface area contributed by atoms with Gasteiger partial charge in [0.1, 0.15) is 0 Å². The monoisotopic (exact) mass is 454 g/mol. The molecule has 0 saturated carbocycles. The highest BCUT2D eigenvalue weighted by Crippen LogP contribution is 2.33. The van der Waals surface area contributed by atoms with Gasteiger partial charge in [-0.25, -0.2) is 8.42 Å². The number of benzene rings is 3. The first-order chi connectivity index (χ1) is 14.7. The number of nitrogens with one attached hydrogen (secondary N) is 1. The molecule has 7 heteroatoms. The summed E-state index contributed by atoms with van der Waals surface area (Å²) in [6.07, 6.45) is 2.73. The second-order valence-corrected chi connectivity index (χ2v) is 10.0. The molecule has 31 heavy (non-hydrogen) atoms. The highest BCUT2D eigenvalue weighted by atomic mass is 35.5. The zero-order valence-corrected chi connectivity index (χ0v) is 18.9. The predicted molar refractivity (Wildman–Crippen MR) is 126 cm³/mol. The summed E-state index contributed by atoms with van der Waals surface area (Å²) < 4.78 is 25.7. The Hall–Kier alpha value is -2.83. The van der Waals surface area contributed by atoms with Crippen LogP contribution in [0.25, 0.3) is 11.1 Å². The van der Waals surface area contributed by atoms with E-state index < -0.39 is 10.0 Å². The lowest BCUT2D eigenvalue weighted by atomic mass is 9.92. The number of carbonyl (C=O) groups excluding carboxylic acids is 1. The van der Waals surface area contributed by atoms with Gasteiger partial charge < -0.3 is 4.90 Å². The quantitative estimate of drug-likeness (QED) is 0.603. The number of hydrogen-bond acceptors (Lipinski definition) is 3. The number of sulfonamides is 1. The third-order valence-electron chi connectivity index (χ3n) is 5.41. The molecule has 1 amide bonds. The van der Waals surface area contributed by atoms with E-state index in [1.807, 2.05) is 42.5 Å². The summed E-state index contributed by atoms with van der Waals surface area (Å²) in [5, 5.41) is 0.659. The zero-order valence-electron chi connectivity index (χ0n) is 17.4. The van der Waals surface area contributed by atoms with Gasteiger partial charge in [-0.15, -0.1) is 0 Å². The summed E-state index contributed by atoms with van der Waals surface area (Å²) in [7, 11) is -3.34. The Bertz CT molecular complexity index is 1270. The van der Waals surface area contributed by atoms with Crippen molar-refractivity contribution in [3.05, 3.63) is 82.4 Å². The predicted octanol–water partition coefficient (Wildman–Crippen LogP) is 5.03. The van der Waals surface area contributed by atoms with E-state index in [4.69, 9.17) is 11.6 Å². The summed E-state index contributed by atoms with van der Waals surface area (Å²) in [6.45, 7) is 2.07. The van der Waals surface area contributed by atoms with E-state index in [0.29, 0.717) is 17.3 Å². The van der Waals surface area contributed by atoms with Crippen molar-refractivity contribution in [2.75, 3.05) is 15.9 Å². The Kier molecular flexibility index (Phi) is 5.77. The van der Waals surface area contributed by atoms with Crippen LogP contribution in [0.1, 0.15) is 23.6 Å². The van der Waals surface area contributed by atoms with Gasteiger partial charge in [0, 0.05) is 23.3 Å². The van der Waals surface area contributed by atoms with E-state index >= 15 is 0 Å². The third kappa shape index (κ3) is 4.92. The van der Waals surface area contributed by atoms with Crippen LogP contribution < -0.4 is 9.62 Å². The Morgan fingerprint density at radius 3 is 2.42 bits per heavy atom. The van der Waals surface area contributed by atoms with Gasteiger partial charge in [0.25, 0.3) is 0 Å². The minimum atomic E-state index is -3.34. The maximum atomic E-state index is 12.4. The van der Waals surface area contributed by atoms with E-state index in [-0.39, 0.29) is 5.91 Å². The molecule has 1 aliphatic heterocycles. The van der Waals surface area contributed by atoms with E-state index in [1.165, 1.54) is 0 Å². The first-order valence-electron chi connectivity index (χ1n) is 9.96. The third-order valence-corrected chi connectivity index (χ3v) is 6.25. The van der Waals surface area contributed by atoms with Gasteiger partial charge in [0.05, 0.1) is 12.8 Å². The van der Waals surface area contributed by atoms with Gasteiger partial charge in [0.2, 0.25) is 15.9 Å². The SMILES string of the molecule is CC(=O)N1Cc2ccc(-c3cccc(NS(C)(=O)=O)c3)cc2CCc2cc(Cl)ccc21. The smallest absolute Gasteiger partial charge is 0.229 e. The van der Waals surface area contributed by atoms with Crippen LogP contribution in [0.5, 0.6) is 0 Å². The largest absolute Gasteiger partial charge is 0.308 e. The molecule has 0 unspecified atom stereocenters. The molecular formula is C24H23ClN2O3S. The maximum absolute atomic E-state index is 12.4. The first kappa shape index (κ1) is 21.4. The van der Waals surface area contributed by atoms with Crippen molar-refractivity contribution in [1.82, 2.24) is 0 Å². The fourth-order valence-corrected chi connectivity index (χ4v) is 4.74. The number of fused-ring (bicyclic) bond motifs is 2. The van der Waals surface area contributed by atoms with Gasteiger partial charge in [-0.2, -0.15) is 0 Å².